The van der Waals surface area contributed by atoms with Crippen molar-refractivity contribution in [2.45, 2.75) is 316 Å². The van der Waals surface area contributed by atoms with Crippen LogP contribution in [0.25, 0.3) is 0 Å². The number of carbonyl (C=O) groups is 3. The maximum Gasteiger partial charge on any atom is 0.306 e. The van der Waals surface area contributed by atoms with Crippen LogP contribution in [0.4, 0.5) is 0 Å². The number of carbonyl (C=O) groups excluding carboxylic acids is 3. The fraction of sp³-hybridized carbons (Fsp3) is 0.911. The number of allylic oxidation sites excluding steroid dienone is 2. The molecule has 0 aliphatic heterocycles. The maximum atomic E-state index is 12.8. The van der Waals surface area contributed by atoms with E-state index in [4.69, 9.17) is 14.2 Å². The molecule has 6 heteroatoms. The van der Waals surface area contributed by atoms with Crippen LogP contribution in [-0.2, 0) is 28.6 Å². The topological polar surface area (TPSA) is 78.9 Å². The van der Waals surface area contributed by atoms with E-state index in [9.17, 15) is 14.4 Å². The van der Waals surface area contributed by atoms with Gasteiger partial charge in [-0.05, 0) is 44.9 Å². The number of rotatable bonds is 51. The van der Waals surface area contributed by atoms with E-state index in [1.165, 1.54) is 205 Å². The molecule has 0 radical (unpaired) electrons. The Morgan fingerprint density at radius 1 is 0.306 bits per heavy atom. The number of esters is 3. The second kappa shape index (κ2) is 51.8. The van der Waals surface area contributed by atoms with E-state index >= 15 is 0 Å². The number of hydrogen-bond donors (Lipinski definition) is 0. The Kier molecular flexibility index (Phi) is 50.2. The highest BCUT2D eigenvalue weighted by Crippen LogP contribution is 2.17. The van der Waals surface area contributed by atoms with E-state index in [1.807, 2.05) is 0 Å². The summed E-state index contributed by atoms with van der Waals surface area (Å²) in [5.74, 6) is -0.854. The van der Waals surface area contributed by atoms with Gasteiger partial charge in [0.25, 0.3) is 0 Å². The van der Waals surface area contributed by atoms with Crippen LogP contribution in [0.5, 0.6) is 0 Å². The van der Waals surface area contributed by atoms with Gasteiger partial charge in [-0.25, -0.2) is 0 Å². The average molecular weight is 875 g/mol. The highest BCUT2D eigenvalue weighted by molar-refractivity contribution is 5.71. The van der Waals surface area contributed by atoms with Gasteiger partial charge in [0, 0.05) is 19.3 Å². The zero-order valence-corrected chi connectivity index (χ0v) is 41.9. The summed E-state index contributed by atoms with van der Waals surface area (Å²) < 4.78 is 16.8. The van der Waals surface area contributed by atoms with Crippen LogP contribution in [0.2, 0.25) is 0 Å². The molecule has 0 aromatic rings. The Labute approximate surface area is 386 Å². The van der Waals surface area contributed by atoms with Gasteiger partial charge in [0.05, 0.1) is 0 Å². The first-order chi connectivity index (χ1) is 30.5. The van der Waals surface area contributed by atoms with Crippen LogP contribution in [0, 0.1) is 0 Å². The normalized spacial score (nSPS) is 12.0. The molecule has 0 aromatic heterocycles. The van der Waals surface area contributed by atoms with Crippen LogP contribution < -0.4 is 0 Å². The summed E-state index contributed by atoms with van der Waals surface area (Å²) in [6.07, 6.45) is 57.6. The fourth-order valence-corrected chi connectivity index (χ4v) is 8.32. The van der Waals surface area contributed by atoms with Crippen LogP contribution in [0.1, 0.15) is 310 Å². The van der Waals surface area contributed by atoms with Crippen molar-refractivity contribution in [3.05, 3.63) is 12.2 Å². The summed E-state index contributed by atoms with van der Waals surface area (Å²) in [7, 11) is 0. The first-order valence-electron chi connectivity index (χ1n) is 27.7. The lowest BCUT2D eigenvalue weighted by atomic mass is 10.0. The molecule has 0 bridgehead atoms. The number of unbranched alkanes of at least 4 members (excludes halogenated alkanes) is 38. The van der Waals surface area contributed by atoms with E-state index in [0.717, 1.165) is 64.2 Å². The van der Waals surface area contributed by atoms with Crippen molar-refractivity contribution in [2.75, 3.05) is 13.2 Å². The van der Waals surface area contributed by atoms with Crippen molar-refractivity contribution in [3.8, 4) is 0 Å². The molecule has 0 N–H and O–H groups in total. The summed E-state index contributed by atoms with van der Waals surface area (Å²) in [6, 6.07) is 0. The van der Waals surface area contributed by atoms with Crippen molar-refractivity contribution < 1.29 is 28.6 Å². The Bertz CT molecular complexity index is 962. The predicted octanol–water partition coefficient (Wildman–Crippen LogP) is 18.2. The van der Waals surface area contributed by atoms with Gasteiger partial charge in [0.2, 0.25) is 0 Å². The van der Waals surface area contributed by atoms with Crippen molar-refractivity contribution in [1.29, 1.82) is 0 Å². The summed E-state index contributed by atoms with van der Waals surface area (Å²) in [6.45, 7) is 6.67. The van der Waals surface area contributed by atoms with Gasteiger partial charge >= 0.3 is 17.9 Å². The predicted molar refractivity (Wildman–Crippen MR) is 266 cm³/mol. The van der Waals surface area contributed by atoms with Gasteiger partial charge in [0.15, 0.2) is 6.10 Å². The smallest absolute Gasteiger partial charge is 0.306 e. The highest BCUT2D eigenvalue weighted by Gasteiger charge is 2.19. The molecule has 0 aliphatic rings. The minimum Gasteiger partial charge on any atom is -0.462 e. The number of hydrogen-bond acceptors (Lipinski definition) is 6. The molecule has 0 unspecified atom stereocenters. The zero-order valence-electron chi connectivity index (χ0n) is 41.9. The Morgan fingerprint density at radius 2 is 0.532 bits per heavy atom. The Balaban J connectivity index is 4.33. The van der Waals surface area contributed by atoms with E-state index in [0.29, 0.717) is 19.3 Å². The summed E-state index contributed by atoms with van der Waals surface area (Å²) >= 11 is 0. The Hall–Kier alpha value is -1.85. The van der Waals surface area contributed by atoms with Gasteiger partial charge in [-0.3, -0.25) is 14.4 Å². The van der Waals surface area contributed by atoms with Crippen LogP contribution in [-0.4, -0.2) is 37.2 Å². The van der Waals surface area contributed by atoms with Crippen molar-refractivity contribution in [1.82, 2.24) is 0 Å². The minimum atomic E-state index is -0.766. The highest BCUT2D eigenvalue weighted by atomic mass is 16.6. The average Bonchev–Trinajstić information content (AvgIpc) is 3.27. The largest absolute Gasteiger partial charge is 0.462 e. The molecule has 6 nitrogen and oxygen atoms in total. The maximum absolute atomic E-state index is 12.8. The van der Waals surface area contributed by atoms with Crippen LogP contribution in [0.15, 0.2) is 12.2 Å². The molecule has 0 amide bonds. The van der Waals surface area contributed by atoms with Gasteiger partial charge < -0.3 is 14.2 Å². The third kappa shape index (κ3) is 49.2. The van der Waals surface area contributed by atoms with E-state index in [2.05, 4.69) is 32.9 Å². The molecule has 0 saturated carbocycles. The van der Waals surface area contributed by atoms with Crippen molar-refractivity contribution in [3.63, 3.8) is 0 Å². The van der Waals surface area contributed by atoms with Crippen molar-refractivity contribution >= 4 is 17.9 Å². The molecule has 0 rings (SSSR count). The fourth-order valence-electron chi connectivity index (χ4n) is 8.32. The van der Waals surface area contributed by atoms with Gasteiger partial charge in [-0.15, -0.1) is 0 Å². The molecule has 1 atom stereocenters. The van der Waals surface area contributed by atoms with Crippen LogP contribution in [0.3, 0.4) is 0 Å². The first-order valence-corrected chi connectivity index (χ1v) is 27.7. The molecule has 0 spiro atoms. The lowest BCUT2D eigenvalue weighted by Crippen LogP contribution is -2.30. The molecule has 366 valence electrons. The second-order valence-corrected chi connectivity index (χ2v) is 18.9. The minimum absolute atomic E-state index is 0.0667. The third-order valence-electron chi connectivity index (χ3n) is 12.5. The standard InChI is InChI=1S/C56H106O6/c1-4-7-10-13-16-19-22-25-28-31-34-37-40-43-46-49-55(58)61-52-53(51-60-54(57)48-45-42-39-36-33-30-27-24-21-18-15-12-9-6-3)62-56(59)50-47-44-41-38-35-32-29-26-23-20-17-14-11-8-5-2/h24,27,53H,4-23,25-26,28-52H2,1-3H3/b27-24+/t53-/m1/s1. The van der Waals surface area contributed by atoms with E-state index in [1.54, 1.807) is 0 Å². The molecule has 0 saturated heterocycles. The summed E-state index contributed by atoms with van der Waals surface area (Å²) in [4.78, 5) is 38.0. The lowest BCUT2D eigenvalue weighted by molar-refractivity contribution is -0.167. The quantitative estimate of drug-likeness (QED) is 0.0262. The molecule has 0 fully saturated rings. The molecule has 0 heterocycles. The first kappa shape index (κ1) is 60.2. The third-order valence-corrected chi connectivity index (χ3v) is 12.5. The summed E-state index contributed by atoms with van der Waals surface area (Å²) in [5, 5.41) is 0. The van der Waals surface area contributed by atoms with Gasteiger partial charge in [0.1, 0.15) is 13.2 Å². The van der Waals surface area contributed by atoms with Crippen molar-refractivity contribution in [2.24, 2.45) is 0 Å². The monoisotopic (exact) mass is 875 g/mol. The van der Waals surface area contributed by atoms with Gasteiger partial charge in [-0.1, -0.05) is 258 Å². The Morgan fingerprint density at radius 3 is 0.806 bits per heavy atom. The molecule has 0 aromatic carbocycles. The SMILES string of the molecule is CCCCCCC/C=C/CCCCCCCC(=O)OC[C@H](COC(=O)CCCCCCCCCCCCCCCCC)OC(=O)CCCCCCCCCCCCCCCCC. The van der Waals surface area contributed by atoms with Crippen LogP contribution >= 0.6 is 0 Å². The van der Waals surface area contributed by atoms with E-state index in [-0.39, 0.29) is 31.1 Å². The van der Waals surface area contributed by atoms with Gasteiger partial charge in [-0.2, -0.15) is 0 Å². The number of ether oxygens (including phenoxy) is 3. The summed E-state index contributed by atoms with van der Waals surface area (Å²) in [5.41, 5.74) is 0. The molecule has 0 aliphatic carbocycles. The zero-order chi connectivity index (χ0) is 45.1. The van der Waals surface area contributed by atoms with E-state index < -0.39 is 6.10 Å². The molecular formula is C56H106O6. The molecular weight excluding hydrogens is 769 g/mol. The molecule has 62 heavy (non-hydrogen) atoms. The second-order valence-electron chi connectivity index (χ2n) is 18.9. The lowest BCUT2D eigenvalue weighted by Gasteiger charge is -2.18.